The molecular weight excluding hydrogens is 499 g/mol. The van der Waals surface area contributed by atoms with Crippen LogP contribution in [0.1, 0.15) is 30.6 Å². The summed E-state index contributed by atoms with van der Waals surface area (Å²) >= 11 is 6.19. The fourth-order valence-corrected chi connectivity index (χ4v) is 5.32. The van der Waals surface area contributed by atoms with E-state index in [-0.39, 0.29) is 54.6 Å². The number of halogens is 4. The van der Waals surface area contributed by atoms with Crippen molar-refractivity contribution < 1.29 is 23.1 Å². The number of pyridine rings is 1. The molecule has 0 saturated carbocycles. The van der Waals surface area contributed by atoms with Gasteiger partial charge in [0.05, 0.1) is 17.7 Å². The predicted octanol–water partition coefficient (Wildman–Crippen LogP) is 3.58. The molecule has 0 radical (unpaired) electrons. The van der Waals surface area contributed by atoms with E-state index in [1.54, 1.807) is 18.2 Å². The Kier molecular flexibility index (Phi) is 5.90. The summed E-state index contributed by atoms with van der Waals surface area (Å²) in [7, 11) is 0. The lowest BCUT2D eigenvalue weighted by Crippen LogP contribution is -2.49. The first-order valence-corrected chi connectivity index (χ1v) is 11.7. The summed E-state index contributed by atoms with van der Waals surface area (Å²) in [6, 6.07) is 7.04. The summed E-state index contributed by atoms with van der Waals surface area (Å²) in [4.78, 5) is 21.0. The normalized spacial score (nSPS) is 20.3. The van der Waals surface area contributed by atoms with Crippen LogP contribution in [0.15, 0.2) is 18.2 Å². The van der Waals surface area contributed by atoms with E-state index >= 15 is 0 Å². The van der Waals surface area contributed by atoms with E-state index in [0.717, 1.165) is 4.57 Å². The van der Waals surface area contributed by atoms with Gasteiger partial charge in [0.1, 0.15) is 11.6 Å². The van der Waals surface area contributed by atoms with Crippen molar-refractivity contribution in [2.24, 2.45) is 11.8 Å². The summed E-state index contributed by atoms with van der Waals surface area (Å²) in [5, 5.41) is 28.1. The van der Waals surface area contributed by atoms with E-state index in [9.17, 15) is 28.3 Å². The molecule has 36 heavy (non-hydrogen) atoms. The van der Waals surface area contributed by atoms with Crippen LogP contribution in [0.25, 0.3) is 10.9 Å². The Hall–Kier alpha value is -3.59. The fraction of sp³-hybridized carbons (Fsp3) is 0.435. The van der Waals surface area contributed by atoms with E-state index in [2.05, 4.69) is 15.2 Å². The molecule has 0 spiro atoms. The van der Waals surface area contributed by atoms with Gasteiger partial charge in [-0.1, -0.05) is 18.5 Å². The van der Waals surface area contributed by atoms with Gasteiger partial charge in [0, 0.05) is 42.5 Å². The first kappa shape index (κ1) is 24.1. The van der Waals surface area contributed by atoms with Gasteiger partial charge in [-0.3, -0.25) is 4.79 Å². The molecule has 1 saturated heterocycles. The molecule has 188 valence electrons. The largest absolute Gasteiger partial charge is 0.492 e. The van der Waals surface area contributed by atoms with Crippen molar-refractivity contribution in [1.29, 1.82) is 5.26 Å². The molecule has 2 unspecified atom stereocenters. The van der Waals surface area contributed by atoms with Crippen molar-refractivity contribution in [2.75, 3.05) is 24.5 Å². The molecule has 2 atom stereocenters. The van der Waals surface area contributed by atoms with Gasteiger partial charge >= 0.3 is 6.18 Å². The van der Waals surface area contributed by atoms with Crippen LogP contribution in [0, 0.1) is 23.2 Å². The molecule has 5 rings (SSSR count). The van der Waals surface area contributed by atoms with Crippen molar-refractivity contribution in [2.45, 2.75) is 32.6 Å². The molecule has 1 amide bonds. The molecule has 1 N–H and O–H groups in total. The van der Waals surface area contributed by atoms with Gasteiger partial charge in [-0.05, 0) is 30.5 Å². The molecule has 2 aliphatic rings. The Morgan fingerprint density at radius 3 is 2.72 bits per heavy atom. The molecule has 3 aromatic rings. The average molecular weight is 520 g/mol. The highest BCUT2D eigenvalue weighted by molar-refractivity contribution is 6.31. The molecule has 2 aliphatic heterocycles. The van der Waals surface area contributed by atoms with Crippen LogP contribution in [0.5, 0.6) is 5.88 Å². The molecule has 1 fully saturated rings. The Morgan fingerprint density at radius 2 is 2.03 bits per heavy atom. The minimum Gasteiger partial charge on any atom is -0.492 e. The second-order valence-electron chi connectivity index (χ2n) is 9.10. The summed E-state index contributed by atoms with van der Waals surface area (Å²) in [6.45, 7) is 2.87. The lowest BCUT2D eigenvalue weighted by atomic mass is 9.85. The average Bonchev–Trinajstić information content (AvgIpc) is 3.27. The van der Waals surface area contributed by atoms with Crippen LogP contribution in [-0.2, 0) is 24.1 Å². The summed E-state index contributed by atoms with van der Waals surface area (Å²) in [6.07, 6.45) is -4.14. The smallest absolute Gasteiger partial charge is 0.451 e. The van der Waals surface area contributed by atoms with E-state index in [1.165, 1.54) is 4.90 Å². The van der Waals surface area contributed by atoms with Gasteiger partial charge in [0.25, 0.3) is 0 Å². The first-order chi connectivity index (χ1) is 17.1. The van der Waals surface area contributed by atoms with Crippen molar-refractivity contribution in [3.05, 3.63) is 40.4 Å². The molecule has 2 aromatic heterocycles. The van der Waals surface area contributed by atoms with Crippen LogP contribution in [0.2, 0.25) is 5.02 Å². The SMILES string of the molecule is CC1CN(c2c(C#N)c(O)nc3ccc(Cl)cc23)CCC1C(=O)N1CCn2c(nnc2C(F)(F)F)C1. The van der Waals surface area contributed by atoms with E-state index in [0.29, 0.717) is 41.1 Å². The maximum absolute atomic E-state index is 13.4. The summed E-state index contributed by atoms with van der Waals surface area (Å²) in [5.74, 6) is -1.94. The third-order valence-corrected chi connectivity index (χ3v) is 7.10. The lowest BCUT2D eigenvalue weighted by Gasteiger charge is -2.40. The van der Waals surface area contributed by atoms with Crippen molar-refractivity contribution in [1.82, 2.24) is 24.6 Å². The highest BCUT2D eigenvalue weighted by atomic mass is 35.5. The number of nitriles is 1. The van der Waals surface area contributed by atoms with Crippen LogP contribution in [0.4, 0.5) is 18.9 Å². The number of hydrogen-bond donors (Lipinski definition) is 1. The molecule has 9 nitrogen and oxygen atoms in total. The molecule has 0 aliphatic carbocycles. The number of anilines is 1. The number of alkyl halides is 3. The Labute approximate surface area is 208 Å². The molecule has 13 heteroatoms. The van der Waals surface area contributed by atoms with Crippen LogP contribution in [0.3, 0.4) is 0 Å². The van der Waals surface area contributed by atoms with Gasteiger partial charge in [0.2, 0.25) is 17.6 Å². The number of aromatic nitrogens is 4. The van der Waals surface area contributed by atoms with E-state index in [4.69, 9.17) is 11.6 Å². The number of benzene rings is 1. The van der Waals surface area contributed by atoms with Crippen molar-refractivity contribution in [3.63, 3.8) is 0 Å². The quantitative estimate of drug-likeness (QED) is 0.551. The van der Waals surface area contributed by atoms with Crippen LogP contribution >= 0.6 is 11.6 Å². The summed E-state index contributed by atoms with van der Waals surface area (Å²) in [5.41, 5.74) is 1.05. The van der Waals surface area contributed by atoms with Gasteiger partial charge in [0.15, 0.2) is 5.82 Å². The van der Waals surface area contributed by atoms with Gasteiger partial charge in [-0.2, -0.15) is 18.4 Å². The number of hydrogen-bond acceptors (Lipinski definition) is 7. The minimum absolute atomic E-state index is 0.0231. The number of amides is 1. The minimum atomic E-state index is -4.60. The number of rotatable bonds is 2. The maximum atomic E-state index is 13.4. The third-order valence-electron chi connectivity index (χ3n) is 6.87. The highest BCUT2D eigenvalue weighted by Gasteiger charge is 2.41. The highest BCUT2D eigenvalue weighted by Crippen LogP contribution is 2.39. The second kappa shape index (κ2) is 8.81. The second-order valence-corrected chi connectivity index (χ2v) is 9.54. The Balaban J connectivity index is 1.36. The predicted molar refractivity (Wildman–Crippen MR) is 123 cm³/mol. The standard InChI is InChI=1S/C23H21ClF3N7O2/c1-12-10-32(19-15-8-13(24)2-3-17(15)29-20(35)16(19)9-28)5-4-14(12)21(36)33-6-7-34-18(11-33)30-31-22(34)23(25,26)27/h2-3,8,12,14H,4-7,10-11H2,1H3,(H,29,35). The Bertz CT molecular complexity index is 1400. The molecule has 4 heterocycles. The maximum Gasteiger partial charge on any atom is 0.451 e. The lowest BCUT2D eigenvalue weighted by molar-refractivity contribution is -0.148. The molecule has 0 bridgehead atoms. The first-order valence-electron chi connectivity index (χ1n) is 11.3. The van der Waals surface area contributed by atoms with E-state index in [1.807, 2.05) is 17.9 Å². The van der Waals surface area contributed by atoms with Gasteiger partial charge in [-0.15, -0.1) is 10.2 Å². The fourth-order valence-electron chi connectivity index (χ4n) is 5.14. The van der Waals surface area contributed by atoms with Gasteiger partial charge < -0.3 is 19.5 Å². The van der Waals surface area contributed by atoms with Crippen molar-refractivity contribution in [3.8, 4) is 11.9 Å². The topological polar surface area (TPSA) is 111 Å². The Morgan fingerprint density at radius 1 is 1.25 bits per heavy atom. The van der Waals surface area contributed by atoms with Crippen LogP contribution < -0.4 is 4.90 Å². The van der Waals surface area contributed by atoms with Gasteiger partial charge in [-0.25, -0.2) is 4.98 Å². The zero-order valence-electron chi connectivity index (χ0n) is 19.1. The number of carbonyl (C=O) groups excluding carboxylic acids is 1. The number of carbonyl (C=O) groups is 1. The summed E-state index contributed by atoms with van der Waals surface area (Å²) < 4.78 is 40.4. The number of fused-ring (bicyclic) bond motifs is 2. The zero-order chi connectivity index (χ0) is 25.8. The number of piperidine rings is 1. The molecule has 1 aromatic carbocycles. The monoisotopic (exact) mass is 519 g/mol. The van der Waals surface area contributed by atoms with E-state index < -0.39 is 12.0 Å². The van der Waals surface area contributed by atoms with Crippen LogP contribution in [-0.4, -0.2) is 55.3 Å². The zero-order valence-corrected chi connectivity index (χ0v) is 19.9. The third kappa shape index (κ3) is 4.07. The number of nitrogens with zero attached hydrogens (tertiary/aromatic N) is 7. The number of aromatic hydroxyl groups is 1. The van der Waals surface area contributed by atoms with Crippen molar-refractivity contribution >= 4 is 34.1 Å². The molecular formula is C23H21ClF3N7O2.